The van der Waals surface area contributed by atoms with Crippen molar-refractivity contribution in [1.82, 2.24) is 10.6 Å². The number of nitrogens with one attached hydrogen (secondary N) is 2. The van der Waals surface area contributed by atoms with Crippen LogP contribution in [0, 0.1) is 0 Å². The second-order valence-electron chi connectivity index (χ2n) is 4.90. The van der Waals surface area contributed by atoms with Crippen molar-refractivity contribution in [2.24, 2.45) is 4.99 Å². The summed E-state index contributed by atoms with van der Waals surface area (Å²) in [5.41, 5.74) is 1.29. The monoisotopic (exact) mass is 388 g/mol. The number of para-hydroxylation sites is 1. The van der Waals surface area contributed by atoms with Crippen molar-refractivity contribution in [2.75, 3.05) is 38.1 Å². The first-order valence-electron chi connectivity index (χ1n) is 7.14. The molecule has 112 valence electrons. The van der Waals surface area contributed by atoms with Gasteiger partial charge in [0.05, 0.1) is 0 Å². The molecule has 0 saturated heterocycles. The van der Waals surface area contributed by atoms with Gasteiger partial charge in [-0.15, -0.1) is 24.0 Å². The lowest BCUT2D eigenvalue weighted by Crippen LogP contribution is -2.41. The normalized spacial score (nSPS) is 13.8. The van der Waals surface area contributed by atoms with Gasteiger partial charge in [0.25, 0.3) is 0 Å². The van der Waals surface area contributed by atoms with Gasteiger partial charge in [-0.25, -0.2) is 0 Å². The van der Waals surface area contributed by atoms with Gasteiger partial charge in [-0.05, 0) is 31.4 Å². The predicted octanol–water partition coefficient (Wildman–Crippen LogP) is 2.46. The number of hydrogen-bond acceptors (Lipinski definition) is 4. The molecule has 1 aromatic carbocycles. The van der Waals surface area contributed by atoms with Crippen LogP contribution in [-0.2, 0) is 0 Å². The molecule has 0 bridgehead atoms. The van der Waals surface area contributed by atoms with Crippen LogP contribution in [0.15, 0.2) is 35.3 Å². The van der Waals surface area contributed by atoms with Gasteiger partial charge < -0.3 is 15.5 Å². The molecule has 0 aromatic heterocycles. The Morgan fingerprint density at radius 2 is 2.05 bits per heavy atom. The standard InChI is InChI=1S/C15H24N4.HI/c1-19(14-8-3-2-4-9-14)13-6-5-10-16-15-17-11-7-12-18-15;/h2-4,8-9H,5-7,10-13H2,1H3,(H2,16,17,18);1H. The highest BCUT2D eigenvalue weighted by atomic mass is 127. The molecule has 4 nitrogen and oxygen atoms in total. The summed E-state index contributed by atoms with van der Waals surface area (Å²) in [6.07, 6.45) is 3.50. The third kappa shape index (κ3) is 5.98. The number of halogens is 1. The van der Waals surface area contributed by atoms with Crippen molar-refractivity contribution in [3.05, 3.63) is 30.3 Å². The number of guanidine groups is 1. The summed E-state index contributed by atoms with van der Waals surface area (Å²) in [6.45, 7) is 4.08. The minimum atomic E-state index is 0. The van der Waals surface area contributed by atoms with Gasteiger partial charge in [0.1, 0.15) is 0 Å². The Labute approximate surface area is 139 Å². The molecule has 0 fully saturated rings. The largest absolute Gasteiger partial charge is 0.375 e. The molecule has 1 aliphatic rings. The van der Waals surface area contributed by atoms with Crippen LogP contribution in [0.5, 0.6) is 0 Å². The molecule has 0 spiro atoms. The lowest BCUT2D eigenvalue weighted by molar-refractivity contribution is 0.663. The lowest BCUT2D eigenvalue weighted by atomic mass is 10.2. The Morgan fingerprint density at radius 3 is 2.75 bits per heavy atom. The summed E-state index contributed by atoms with van der Waals surface area (Å²) < 4.78 is 0. The molecule has 5 heteroatoms. The van der Waals surface area contributed by atoms with Crippen molar-refractivity contribution in [1.29, 1.82) is 0 Å². The summed E-state index contributed by atoms with van der Waals surface area (Å²) in [4.78, 5) is 6.70. The average Bonchev–Trinajstić information content (AvgIpc) is 2.49. The predicted molar refractivity (Wildman–Crippen MR) is 97.3 cm³/mol. The Morgan fingerprint density at radius 1 is 1.25 bits per heavy atom. The van der Waals surface area contributed by atoms with Gasteiger partial charge in [-0.2, -0.15) is 0 Å². The van der Waals surface area contributed by atoms with Crippen LogP contribution in [-0.4, -0.2) is 39.2 Å². The quantitative estimate of drug-likeness (QED) is 0.581. The number of unbranched alkanes of at least 4 members (excludes halogenated alkanes) is 1. The molecule has 0 saturated carbocycles. The molecule has 1 aliphatic heterocycles. The van der Waals surface area contributed by atoms with Gasteiger partial charge in [0.15, 0.2) is 5.96 Å². The maximum Gasteiger partial charge on any atom is 0.191 e. The second-order valence-corrected chi connectivity index (χ2v) is 4.90. The van der Waals surface area contributed by atoms with E-state index in [0.717, 1.165) is 45.0 Å². The van der Waals surface area contributed by atoms with E-state index in [4.69, 9.17) is 0 Å². The van der Waals surface area contributed by atoms with Crippen LogP contribution in [0.25, 0.3) is 0 Å². The second kappa shape index (κ2) is 9.85. The Hall–Kier alpha value is -0.980. The van der Waals surface area contributed by atoms with Gasteiger partial charge in [0.2, 0.25) is 0 Å². The highest BCUT2D eigenvalue weighted by molar-refractivity contribution is 14.0. The molecule has 1 aromatic rings. The molecule has 1 heterocycles. The Bertz CT molecular complexity index is 394. The molecular weight excluding hydrogens is 363 g/mol. The number of benzene rings is 1. The number of rotatable bonds is 6. The van der Waals surface area contributed by atoms with Gasteiger partial charge >= 0.3 is 0 Å². The minimum absolute atomic E-state index is 0. The number of anilines is 1. The smallest absolute Gasteiger partial charge is 0.191 e. The zero-order chi connectivity index (χ0) is 13.3. The number of nitrogens with zero attached hydrogens (tertiary/aromatic N) is 2. The van der Waals surface area contributed by atoms with Crippen molar-refractivity contribution in [3.8, 4) is 0 Å². The van der Waals surface area contributed by atoms with Crippen molar-refractivity contribution in [3.63, 3.8) is 0 Å². The topological polar surface area (TPSA) is 39.7 Å². The van der Waals surface area contributed by atoms with E-state index in [1.807, 2.05) is 0 Å². The summed E-state index contributed by atoms with van der Waals surface area (Å²) in [5, 5.41) is 6.63. The first-order valence-corrected chi connectivity index (χ1v) is 7.14. The summed E-state index contributed by atoms with van der Waals surface area (Å²) in [7, 11) is 2.15. The van der Waals surface area contributed by atoms with E-state index in [-0.39, 0.29) is 24.0 Å². The fourth-order valence-corrected chi connectivity index (χ4v) is 2.14. The third-order valence-electron chi connectivity index (χ3n) is 3.31. The maximum atomic E-state index is 4.39. The van der Waals surface area contributed by atoms with E-state index in [9.17, 15) is 0 Å². The molecule has 0 atom stereocenters. The van der Waals surface area contributed by atoms with E-state index < -0.39 is 0 Å². The maximum absolute atomic E-state index is 4.39. The van der Waals surface area contributed by atoms with Gasteiger partial charge in [-0.3, -0.25) is 4.99 Å². The van der Waals surface area contributed by atoms with E-state index in [0.29, 0.717) is 0 Å². The SMILES string of the molecule is CN(CCCCNC1=NCCCN1)c1ccccc1.I. The molecule has 0 unspecified atom stereocenters. The highest BCUT2D eigenvalue weighted by Crippen LogP contribution is 2.11. The average molecular weight is 388 g/mol. The molecule has 20 heavy (non-hydrogen) atoms. The minimum Gasteiger partial charge on any atom is -0.375 e. The molecular formula is C15H25IN4. The van der Waals surface area contributed by atoms with E-state index >= 15 is 0 Å². The molecule has 2 rings (SSSR count). The molecule has 0 amide bonds. The number of aliphatic imine (C=N–C) groups is 1. The fraction of sp³-hybridized carbons (Fsp3) is 0.533. The first kappa shape index (κ1) is 17.1. The van der Waals surface area contributed by atoms with E-state index in [1.54, 1.807) is 0 Å². The van der Waals surface area contributed by atoms with Crippen LogP contribution in [0.3, 0.4) is 0 Å². The lowest BCUT2D eigenvalue weighted by Gasteiger charge is -2.19. The summed E-state index contributed by atoms with van der Waals surface area (Å²) in [6, 6.07) is 10.5. The molecule has 0 radical (unpaired) electrons. The summed E-state index contributed by atoms with van der Waals surface area (Å²) >= 11 is 0. The van der Waals surface area contributed by atoms with Crippen LogP contribution in [0.4, 0.5) is 5.69 Å². The summed E-state index contributed by atoms with van der Waals surface area (Å²) in [5.74, 6) is 0.975. The van der Waals surface area contributed by atoms with Crippen LogP contribution >= 0.6 is 24.0 Å². The first-order chi connectivity index (χ1) is 9.36. The fourth-order valence-electron chi connectivity index (χ4n) is 2.14. The van der Waals surface area contributed by atoms with Crippen molar-refractivity contribution >= 4 is 35.6 Å². The Kier molecular flexibility index (Phi) is 8.41. The Balaban J connectivity index is 0.00000200. The van der Waals surface area contributed by atoms with E-state index in [2.05, 4.69) is 57.9 Å². The van der Waals surface area contributed by atoms with Gasteiger partial charge in [-0.1, -0.05) is 18.2 Å². The number of hydrogen-bond donors (Lipinski definition) is 2. The third-order valence-corrected chi connectivity index (χ3v) is 3.31. The van der Waals surface area contributed by atoms with Crippen molar-refractivity contribution < 1.29 is 0 Å². The molecule has 2 N–H and O–H groups in total. The van der Waals surface area contributed by atoms with Crippen LogP contribution in [0.1, 0.15) is 19.3 Å². The molecule has 0 aliphatic carbocycles. The van der Waals surface area contributed by atoms with E-state index in [1.165, 1.54) is 12.1 Å². The van der Waals surface area contributed by atoms with Crippen LogP contribution in [0.2, 0.25) is 0 Å². The highest BCUT2D eigenvalue weighted by Gasteiger charge is 2.02. The van der Waals surface area contributed by atoms with Crippen molar-refractivity contribution in [2.45, 2.75) is 19.3 Å². The zero-order valence-electron chi connectivity index (χ0n) is 12.1. The zero-order valence-corrected chi connectivity index (χ0v) is 14.5. The van der Waals surface area contributed by atoms with Gasteiger partial charge in [0, 0.05) is 38.9 Å². The van der Waals surface area contributed by atoms with Crippen LogP contribution < -0.4 is 15.5 Å².